The van der Waals surface area contributed by atoms with Crippen molar-refractivity contribution in [2.24, 2.45) is 0 Å². The van der Waals surface area contributed by atoms with Crippen molar-refractivity contribution in [3.63, 3.8) is 0 Å². The van der Waals surface area contributed by atoms with E-state index in [1.165, 1.54) is 12.8 Å². The minimum atomic E-state index is 0.368. The first-order valence-corrected chi connectivity index (χ1v) is 7.24. The third-order valence-electron chi connectivity index (χ3n) is 3.67. The molecule has 1 aromatic heterocycles. The fraction of sp³-hybridized carbons (Fsp3) is 0.818. The number of hydrogen-bond donors (Lipinski definition) is 0. The topological polar surface area (TPSA) is 29.0 Å². The van der Waals surface area contributed by atoms with Gasteiger partial charge in [-0.1, -0.05) is 6.92 Å². The van der Waals surface area contributed by atoms with Gasteiger partial charge in [0.2, 0.25) is 5.13 Å². The number of piperidine rings is 1. The average Bonchev–Trinajstić information content (AvgIpc) is 2.81. The molecule has 2 aliphatic heterocycles. The number of hydrogen-bond acceptors (Lipinski definition) is 4. The van der Waals surface area contributed by atoms with E-state index < -0.39 is 0 Å². The third-order valence-corrected chi connectivity index (χ3v) is 4.79. The van der Waals surface area contributed by atoms with Crippen LogP contribution in [0.25, 0.3) is 0 Å². The summed E-state index contributed by atoms with van der Waals surface area (Å²) in [5, 5.41) is 1.49. The van der Waals surface area contributed by atoms with E-state index in [-0.39, 0.29) is 0 Å². The van der Waals surface area contributed by atoms with Gasteiger partial charge in [-0.25, -0.2) is 4.98 Å². The Bertz CT molecular complexity index is 367. The van der Waals surface area contributed by atoms with Crippen molar-refractivity contribution in [2.45, 2.75) is 56.5 Å². The molecule has 2 aliphatic rings. The monoisotopic (exact) mass is 257 g/mol. The lowest BCUT2D eigenvalue weighted by Crippen LogP contribution is -2.43. The van der Waals surface area contributed by atoms with Crippen LogP contribution in [0.3, 0.4) is 0 Å². The van der Waals surface area contributed by atoms with Gasteiger partial charge < -0.3 is 4.90 Å². The van der Waals surface area contributed by atoms with Crippen molar-refractivity contribution in [1.29, 1.82) is 0 Å². The number of nitrogens with zero attached hydrogens (tertiary/aromatic N) is 3. The van der Waals surface area contributed by atoms with Crippen molar-refractivity contribution in [1.82, 2.24) is 9.36 Å². The first-order valence-electron chi connectivity index (χ1n) is 6.03. The number of aryl methyl sites for hydroxylation is 1. The summed E-state index contributed by atoms with van der Waals surface area (Å²) >= 11 is 7.82. The van der Waals surface area contributed by atoms with E-state index in [1.807, 2.05) is 0 Å². The number of alkyl halides is 1. The zero-order valence-electron chi connectivity index (χ0n) is 9.40. The van der Waals surface area contributed by atoms with Crippen molar-refractivity contribution in [3.8, 4) is 0 Å². The molecule has 0 saturated carbocycles. The van der Waals surface area contributed by atoms with Crippen LogP contribution in [-0.4, -0.2) is 26.8 Å². The summed E-state index contributed by atoms with van der Waals surface area (Å²) in [7, 11) is 0. The van der Waals surface area contributed by atoms with Crippen molar-refractivity contribution >= 4 is 28.3 Å². The van der Waals surface area contributed by atoms with Gasteiger partial charge >= 0.3 is 0 Å². The van der Waals surface area contributed by atoms with E-state index in [1.54, 1.807) is 11.5 Å². The second kappa shape index (κ2) is 4.15. The Hall–Kier alpha value is -0.350. The van der Waals surface area contributed by atoms with E-state index in [2.05, 4.69) is 21.2 Å². The first kappa shape index (κ1) is 10.8. The SMILES string of the molecule is CCc1nsc(N2C3CCC2CC(Cl)C3)n1. The summed E-state index contributed by atoms with van der Waals surface area (Å²) in [5.74, 6) is 0.979. The summed E-state index contributed by atoms with van der Waals surface area (Å²) in [6.07, 6.45) is 5.69. The quantitative estimate of drug-likeness (QED) is 0.763. The van der Waals surface area contributed by atoms with Crippen molar-refractivity contribution < 1.29 is 0 Å². The minimum absolute atomic E-state index is 0.368. The summed E-state index contributed by atoms with van der Waals surface area (Å²) in [4.78, 5) is 7.09. The van der Waals surface area contributed by atoms with Gasteiger partial charge in [-0.3, -0.25) is 0 Å². The molecule has 2 atom stereocenters. The Kier molecular flexibility index (Phi) is 2.80. The van der Waals surface area contributed by atoms with Gasteiger partial charge in [-0.05, 0) is 25.7 Å². The Labute approximate surface area is 105 Å². The zero-order chi connectivity index (χ0) is 11.1. The summed E-state index contributed by atoms with van der Waals surface area (Å²) in [6.45, 7) is 2.10. The second-order valence-corrected chi connectivity index (χ2v) is 6.06. The highest BCUT2D eigenvalue weighted by Gasteiger charge is 2.41. The largest absolute Gasteiger partial charge is 0.341 e. The molecule has 0 amide bonds. The number of rotatable bonds is 2. The molecule has 0 N–H and O–H groups in total. The van der Waals surface area contributed by atoms with Crippen LogP contribution in [0.15, 0.2) is 0 Å². The normalized spacial score (nSPS) is 33.4. The molecule has 0 aromatic carbocycles. The lowest BCUT2D eigenvalue weighted by atomic mass is 10.0. The van der Waals surface area contributed by atoms with Crippen LogP contribution in [0.1, 0.15) is 38.4 Å². The van der Waals surface area contributed by atoms with Gasteiger partial charge in [0.15, 0.2) is 0 Å². The zero-order valence-corrected chi connectivity index (χ0v) is 11.0. The maximum absolute atomic E-state index is 6.27. The van der Waals surface area contributed by atoms with Gasteiger partial charge in [0, 0.05) is 35.4 Å². The highest BCUT2D eigenvalue weighted by atomic mass is 35.5. The Morgan fingerprint density at radius 1 is 1.38 bits per heavy atom. The fourth-order valence-corrected chi connectivity index (χ4v) is 4.22. The molecule has 1 aromatic rings. The summed E-state index contributed by atoms with van der Waals surface area (Å²) in [5.41, 5.74) is 0. The number of aromatic nitrogens is 2. The average molecular weight is 258 g/mol. The van der Waals surface area contributed by atoms with Crippen LogP contribution < -0.4 is 4.90 Å². The highest BCUT2D eigenvalue weighted by molar-refractivity contribution is 7.09. The van der Waals surface area contributed by atoms with Gasteiger partial charge in [0.1, 0.15) is 5.82 Å². The molecule has 2 bridgehead atoms. The molecule has 2 saturated heterocycles. The van der Waals surface area contributed by atoms with Gasteiger partial charge in [-0.15, -0.1) is 11.6 Å². The maximum Gasteiger partial charge on any atom is 0.205 e. The van der Waals surface area contributed by atoms with Gasteiger partial charge in [-0.2, -0.15) is 4.37 Å². The molecule has 3 nitrogen and oxygen atoms in total. The molecule has 3 rings (SSSR count). The fourth-order valence-electron chi connectivity index (χ4n) is 2.92. The lowest BCUT2D eigenvalue weighted by Gasteiger charge is -2.36. The van der Waals surface area contributed by atoms with Crippen molar-refractivity contribution in [2.75, 3.05) is 4.90 Å². The predicted octanol–water partition coefficient (Wildman–Crippen LogP) is 2.84. The van der Waals surface area contributed by atoms with Crippen LogP contribution >= 0.6 is 23.1 Å². The van der Waals surface area contributed by atoms with E-state index in [4.69, 9.17) is 11.6 Å². The van der Waals surface area contributed by atoms with E-state index >= 15 is 0 Å². The van der Waals surface area contributed by atoms with Crippen LogP contribution in [0.5, 0.6) is 0 Å². The molecule has 0 spiro atoms. The molecule has 2 unspecified atom stereocenters. The van der Waals surface area contributed by atoms with Crippen LogP contribution in [0.2, 0.25) is 0 Å². The molecular weight excluding hydrogens is 242 g/mol. The number of halogens is 1. The molecule has 0 radical (unpaired) electrons. The van der Waals surface area contributed by atoms with Gasteiger partial charge in [0.25, 0.3) is 0 Å². The Balaban J connectivity index is 1.85. The van der Waals surface area contributed by atoms with Gasteiger partial charge in [0.05, 0.1) is 0 Å². The standard InChI is InChI=1S/C11H16ClN3S/c1-2-10-13-11(16-14-10)15-8-3-4-9(15)6-7(12)5-8/h7-9H,2-6H2,1H3. The Morgan fingerprint density at radius 2 is 2.06 bits per heavy atom. The summed E-state index contributed by atoms with van der Waals surface area (Å²) < 4.78 is 4.38. The van der Waals surface area contributed by atoms with Crippen LogP contribution in [0.4, 0.5) is 5.13 Å². The molecule has 0 aliphatic carbocycles. The maximum atomic E-state index is 6.27. The Morgan fingerprint density at radius 3 is 2.62 bits per heavy atom. The van der Waals surface area contributed by atoms with E-state index in [0.29, 0.717) is 17.5 Å². The van der Waals surface area contributed by atoms with Crippen LogP contribution in [-0.2, 0) is 6.42 Å². The molecule has 16 heavy (non-hydrogen) atoms. The first-order chi connectivity index (χ1) is 7.78. The third kappa shape index (κ3) is 1.72. The second-order valence-electron chi connectivity index (χ2n) is 4.71. The molecule has 2 fully saturated rings. The van der Waals surface area contributed by atoms with Crippen molar-refractivity contribution in [3.05, 3.63) is 5.82 Å². The van der Waals surface area contributed by atoms with E-state index in [0.717, 1.165) is 30.2 Å². The number of fused-ring (bicyclic) bond motifs is 2. The molecule has 88 valence electrons. The molecular formula is C11H16ClN3S. The predicted molar refractivity (Wildman–Crippen MR) is 67.5 cm³/mol. The smallest absolute Gasteiger partial charge is 0.205 e. The summed E-state index contributed by atoms with van der Waals surface area (Å²) in [6, 6.07) is 1.22. The highest BCUT2D eigenvalue weighted by Crippen LogP contribution is 2.41. The molecule has 5 heteroatoms. The van der Waals surface area contributed by atoms with Crippen LogP contribution in [0, 0.1) is 0 Å². The minimum Gasteiger partial charge on any atom is -0.341 e. The lowest BCUT2D eigenvalue weighted by molar-refractivity contribution is 0.473. The molecule has 3 heterocycles. The van der Waals surface area contributed by atoms with E-state index in [9.17, 15) is 0 Å². The number of anilines is 1.